The fourth-order valence-electron chi connectivity index (χ4n) is 4.63. The summed E-state index contributed by atoms with van der Waals surface area (Å²) in [7, 11) is 0. The molecule has 3 aromatic rings. The number of aryl methyl sites for hydroxylation is 2. The number of fused-ring (bicyclic) bond motifs is 3. The minimum absolute atomic E-state index is 0.183. The highest BCUT2D eigenvalue weighted by molar-refractivity contribution is 6.00. The van der Waals surface area contributed by atoms with Crippen LogP contribution in [0.4, 0.5) is 10.2 Å². The Hall–Kier alpha value is -4.13. The number of hydrogen-bond donors (Lipinski definition) is 1. The molecule has 3 aliphatic rings. The fraction of sp³-hybridized carbons (Fsp3) is 0.185. The second kappa shape index (κ2) is 8.02. The molecule has 0 saturated carbocycles. The minimum Gasteiger partial charge on any atom is -0.343 e. The molecular formula is C27H22FN5O. The smallest absolute Gasteiger partial charge is 0.193 e. The number of anilines is 1. The van der Waals surface area contributed by atoms with Gasteiger partial charge in [0, 0.05) is 41.7 Å². The van der Waals surface area contributed by atoms with Crippen LogP contribution in [0.25, 0.3) is 22.8 Å². The monoisotopic (exact) mass is 451 g/mol. The van der Waals surface area contributed by atoms with E-state index in [0.29, 0.717) is 11.5 Å². The van der Waals surface area contributed by atoms with Crippen LogP contribution < -0.4 is 10.7 Å². The first-order chi connectivity index (χ1) is 16.6. The molecule has 0 fully saturated rings. The summed E-state index contributed by atoms with van der Waals surface area (Å²) in [4.78, 5) is 26.7. The highest BCUT2D eigenvalue weighted by Gasteiger charge is 2.21. The van der Waals surface area contributed by atoms with Crippen molar-refractivity contribution in [2.75, 3.05) is 5.32 Å². The number of halogens is 1. The van der Waals surface area contributed by atoms with Gasteiger partial charge in [-0.05, 0) is 43.5 Å². The Kier molecular flexibility index (Phi) is 4.83. The number of nitrogens with zero attached hydrogens (tertiary/aromatic N) is 4. The third-order valence-electron chi connectivity index (χ3n) is 6.41. The fourth-order valence-corrected chi connectivity index (χ4v) is 4.63. The average Bonchev–Trinajstić information content (AvgIpc) is 2.85. The molecular weight excluding hydrogens is 429 g/mol. The number of aliphatic imine (C=N–C) groups is 1. The zero-order valence-electron chi connectivity index (χ0n) is 18.6. The van der Waals surface area contributed by atoms with Crippen molar-refractivity contribution in [3.05, 3.63) is 99.7 Å². The molecule has 0 aromatic carbocycles. The van der Waals surface area contributed by atoms with Crippen LogP contribution in [0.5, 0.6) is 0 Å². The lowest BCUT2D eigenvalue weighted by Gasteiger charge is -2.24. The van der Waals surface area contributed by atoms with Crippen LogP contribution in [0, 0.1) is 18.7 Å². The number of allylic oxidation sites excluding steroid dienone is 6. The third kappa shape index (κ3) is 3.50. The summed E-state index contributed by atoms with van der Waals surface area (Å²) in [6, 6.07) is 4.79. The number of hydrogen-bond acceptors (Lipinski definition) is 5. The van der Waals surface area contributed by atoms with E-state index in [1.807, 2.05) is 28.9 Å². The molecule has 1 unspecified atom stereocenters. The van der Waals surface area contributed by atoms with Crippen LogP contribution in [0.2, 0.25) is 0 Å². The van der Waals surface area contributed by atoms with Crippen molar-refractivity contribution < 1.29 is 4.39 Å². The van der Waals surface area contributed by atoms with E-state index in [9.17, 15) is 9.18 Å². The second-order valence-electron chi connectivity index (χ2n) is 8.71. The van der Waals surface area contributed by atoms with Crippen molar-refractivity contribution in [3.8, 4) is 5.69 Å². The van der Waals surface area contributed by atoms with E-state index in [4.69, 9.17) is 0 Å². The van der Waals surface area contributed by atoms with Crippen LogP contribution in [-0.4, -0.2) is 20.2 Å². The van der Waals surface area contributed by atoms with Gasteiger partial charge in [0.2, 0.25) is 0 Å². The van der Waals surface area contributed by atoms with E-state index in [2.05, 4.69) is 38.5 Å². The Morgan fingerprint density at radius 3 is 3.00 bits per heavy atom. The first kappa shape index (κ1) is 20.5. The lowest BCUT2D eigenvalue weighted by atomic mass is 9.92. The molecule has 0 spiro atoms. The quantitative estimate of drug-likeness (QED) is 0.606. The van der Waals surface area contributed by atoms with Gasteiger partial charge < -0.3 is 5.32 Å². The van der Waals surface area contributed by atoms with Crippen LogP contribution in [-0.2, 0) is 6.42 Å². The molecule has 1 aliphatic heterocycles. The third-order valence-corrected chi connectivity index (χ3v) is 6.41. The van der Waals surface area contributed by atoms with Crippen LogP contribution in [0.15, 0.2) is 76.5 Å². The summed E-state index contributed by atoms with van der Waals surface area (Å²) in [6.45, 7) is 1.60. The van der Waals surface area contributed by atoms with E-state index in [1.165, 1.54) is 12.1 Å². The minimum atomic E-state index is -0.502. The van der Waals surface area contributed by atoms with Gasteiger partial charge in [-0.1, -0.05) is 30.4 Å². The van der Waals surface area contributed by atoms with Gasteiger partial charge in [0.15, 0.2) is 11.1 Å². The molecule has 6 rings (SSSR count). The highest BCUT2D eigenvalue weighted by Crippen LogP contribution is 2.29. The maximum Gasteiger partial charge on any atom is 0.193 e. The van der Waals surface area contributed by atoms with Crippen molar-refractivity contribution in [3.63, 3.8) is 0 Å². The molecule has 0 bridgehead atoms. The lowest BCUT2D eigenvalue weighted by Crippen LogP contribution is -2.21. The van der Waals surface area contributed by atoms with Crippen molar-refractivity contribution in [1.29, 1.82) is 0 Å². The van der Waals surface area contributed by atoms with Crippen molar-refractivity contribution in [2.45, 2.75) is 26.2 Å². The number of nitrogens with one attached hydrogen (secondary N) is 1. The van der Waals surface area contributed by atoms with Gasteiger partial charge in [-0.3, -0.25) is 19.3 Å². The standard InChI is InChI=1S/C27H22FN5O/c1-16-22(28)12-21-25(34)13-26(32-19-10-17-6-2-4-8-23(17)29-14-19)33(27(21)31-16)20-11-18-7-3-5-9-24(18)30-15-20/h2-4,6-8,11-15,17,32H,5,9-10H2,1H3. The van der Waals surface area contributed by atoms with E-state index in [-0.39, 0.29) is 22.4 Å². The van der Waals surface area contributed by atoms with Crippen molar-refractivity contribution in [1.82, 2.24) is 14.5 Å². The van der Waals surface area contributed by atoms with Crippen molar-refractivity contribution >= 4 is 28.6 Å². The van der Waals surface area contributed by atoms with Gasteiger partial charge in [0.25, 0.3) is 0 Å². The predicted molar refractivity (Wildman–Crippen MR) is 133 cm³/mol. The van der Waals surface area contributed by atoms with Crippen molar-refractivity contribution in [2.24, 2.45) is 10.9 Å². The molecule has 6 nitrogen and oxygen atoms in total. The molecule has 0 saturated heterocycles. The second-order valence-corrected chi connectivity index (χ2v) is 8.71. The van der Waals surface area contributed by atoms with Gasteiger partial charge in [-0.2, -0.15) is 0 Å². The SMILES string of the molecule is Cc1nc2c(cc1F)c(=O)cc(NC1=CN=C3C=CC=CC3C1)n2-c1cnc2c(c1)C=CCC2. The molecule has 34 heavy (non-hydrogen) atoms. The number of aromatic nitrogens is 3. The molecule has 7 heteroatoms. The summed E-state index contributed by atoms with van der Waals surface area (Å²) in [5, 5.41) is 3.63. The molecule has 4 heterocycles. The molecule has 1 atom stereocenters. The zero-order valence-corrected chi connectivity index (χ0v) is 18.6. The molecule has 168 valence electrons. The maximum absolute atomic E-state index is 14.3. The van der Waals surface area contributed by atoms with E-state index in [0.717, 1.165) is 47.6 Å². The van der Waals surface area contributed by atoms with Crippen LogP contribution >= 0.6 is 0 Å². The van der Waals surface area contributed by atoms with Crippen LogP contribution in [0.1, 0.15) is 29.8 Å². The molecule has 0 amide bonds. The van der Waals surface area contributed by atoms with E-state index in [1.54, 1.807) is 19.3 Å². The maximum atomic E-state index is 14.3. The van der Waals surface area contributed by atoms with E-state index < -0.39 is 5.82 Å². The van der Waals surface area contributed by atoms with E-state index >= 15 is 0 Å². The summed E-state index contributed by atoms with van der Waals surface area (Å²) < 4.78 is 16.2. The first-order valence-corrected chi connectivity index (χ1v) is 11.3. The lowest BCUT2D eigenvalue weighted by molar-refractivity contribution is 0.612. The Morgan fingerprint density at radius 2 is 2.09 bits per heavy atom. The predicted octanol–water partition coefficient (Wildman–Crippen LogP) is 5.03. The van der Waals surface area contributed by atoms with Gasteiger partial charge in [-0.25, -0.2) is 9.37 Å². The largest absolute Gasteiger partial charge is 0.343 e. The van der Waals surface area contributed by atoms with Crippen LogP contribution in [0.3, 0.4) is 0 Å². The average molecular weight is 452 g/mol. The topological polar surface area (TPSA) is 72.2 Å². The summed E-state index contributed by atoms with van der Waals surface area (Å²) in [5.41, 5.74) is 5.03. The normalized spacial score (nSPS) is 18.4. The molecule has 0 radical (unpaired) electrons. The molecule has 1 N–H and O–H groups in total. The van der Waals surface area contributed by atoms with Gasteiger partial charge in [0.1, 0.15) is 11.6 Å². The zero-order chi connectivity index (χ0) is 23.2. The van der Waals surface area contributed by atoms with Gasteiger partial charge >= 0.3 is 0 Å². The summed E-state index contributed by atoms with van der Waals surface area (Å²) >= 11 is 0. The summed E-state index contributed by atoms with van der Waals surface area (Å²) in [6.07, 6.45) is 18.5. The Bertz CT molecular complexity index is 1560. The Balaban J connectivity index is 1.54. The van der Waals surface area contributed by atoms with Gasteiger partial charge in [-0.15, -0.1) is 0 Å². The number of pyridine rings is 3. The Morgan fingerprint density at radius 1 is 1.18 bits per heavy atom. The number of rotatable bonds is 3. The first-order valence-electron chi connectivity index (χ1n) is 11.3. The Labute approximate surface area is 195 Å². The van der Waals surface area contributed by atoms with Gasteiger partial charge in [0.05, 0.1) is 23.0 Å². The summed E-state index contributed by atoms with van der Waals surface area (Å²) in [5.74, 6) is 0.221. The highest BCUT2D eigenvalue weighted by atomic mass is 19.1. The molecule has 2 aliphatic carbocycles. The molecule has 3 aromatic heterocycles.